The zero-order chi connectivity index (χ0) is 21.0. The summed E-state index contributed by atoms with van der Waals surface area (Å²) in [6.07, 6.45) is 1.61. The molecule has 0 unspecified atom stereocenters. The van der Waals surface area contributed by atoms with Gasteiger partial charge in [0, 0.05) is 47.4 Å². The number of halogens is 2. The van der Waals surface area contributed by atoms with Gasteiger partial charge < -0.3 is 14.1 Å². The van der Waals surface area contributed by atoms with Crippen molar-refractivity contribution in [3.8, 4) is 5.75 Å². The zero-order valence-electron chi connectivity index (χ0n) is 15.6. The van der Waals surface area contributed by atoms with Gasteiger partial charge in [0.2, 0.25) is 0 Å². The van der Waals surface area contributed by atoms with E-state index in [0.29, 0.717) is 23.2 Å². The third-order valence-corrected chi connectivity index (χ3v) is 7.04. The first-order chi connectivity index (χ1) is 14.3. The standard InChI is InChI=1S/C20H16BrFN2O5S/c21-12-6-11-2-5-28-19(11)18(7-12)30(26,27)23-20(25)17-10-14-15(22)8-13(9-16(14)29-17)24-3-1-4-24/h6-10H,1-5H2,(H,23,25). The largest absolute Gasteiger partial charge is 0.492 e. The molecule has 156 valence electrons. The van der Waals surface area contributed by atoms with Crippen LogP contribution >= 0.6 is 15.9 Å². The summed E-state index contributed by atoms with van der Waals surface area (Å²) in [6, 6.07) is 7.39. The van der Waals surface area contributed by atoms with E-state index in [4.69, 9.17) is 9.15 Å². The first kappa shape index (κ1) is 19.4. The Bertz CT molecular complexity index is 1300. The lowest BCUT2D eigenvalue weighted by Gasteiger charge is -2.33. The molecule has 3 aromatic rings. The summed E-state index contributed by atoms with van der Waals surface area (Å²) in [4.78, 5) is 14.5. The van der Waals surface area contributed by atoms with Crippen LogP contribution in [0.5, 0.6) is 5.75 Å². The van der Waals surface area contributed by atoms with E-state index in [0.717, 1.165) is 25.1 Å². The van der Waals surface area contributed by atoms with Crippen LogP contribution in [0.3, 0.4) is 0 Å². The second-order valence-corrected chi connectivity index (χ2v) is 9.78. The highest BCUT2D eigenvalue weighted by Gasteiger charge is 2.29. The average Bonchev–Trinajstić information content (AvgIpc) is 3.25. The number of carbonyl (C=O) groups is 1. The van der Waals surface area contributed by atoms with Crippen LogP contribution in [-0.2, 0) is 16.4 Å². The summed E-state index contributed by atoms with van der Waals surface area (Å²) in [7, 11) is -4.24. The molecule has 1 amide bonds. The lowest BCUT2D eigenvalue weighted by Crippen LogP contribution is -2.36. The first-order valence-electron chi connectivity index (χ1n) is 9.32. The van der Waals surface area contributed by atoms with Gasteiger partial charge in [-0.2, -0.15) is 0 Å². The Morgan fingerprint density at radius 2 is 1.97 bits per heavy atom. The van der Waals surface area contributed by atoms with Gasteiger partial charge in [0.1, 0.15) is 22.0 Å². The quantitative estimate of drug-likeness (QED) is 0.595. The van der Waals surface area contributed by atoms with Gasteiger partial charge in [-0.1, -0.05) is 15.9 Å². The topological polar surface area (TPSA) is 88.8 Å². The van der Waals surface area contributed by atoms with Gasteiger partial charge in [-0.15, -0.1) is 0 Å². The minimum Gasteiger partial charge on any atom is -0.492 e. The molecule has 0 radical (unpaired) electrons. The van der Waals surface area contributed by atoms with Crippen molar-refractivity contribution in [2.24, 2.45) is 0 Å². The van der Waals surface area contributed by atoms with E-state index in [1.54, 1.807) is 12.1 Å². The second-order valence-electron chi connectivity index (χ2n) is 7.22. The van der Waals surface area contributed by atoms with Crippen molar-refractivity contribution in [2.45, 2.75) is 17.7 Å². The van der Waals surface area contributed by atoms with Gasteiger partial charge in [0.05, 0.1) is 12.0 Å². The third-order valence-electron chi connectivity index (χ3n) is 5.25. The van der Waals surface area contributed by atoms with Gasteiger partial charge in [-0.25, -0.2) is 17.5 Å². The highest BCUT2D eigenvalue weighted by Crippen LogP contribution is 2.36. The fourth-order valence-corrected chi connectivity index (χ4v) is 5.44. The highest BCUT2D eigenvalue weighted by molar-refractivity contribution is 9.10. The molecule has 10 heteroatoms. The summed E-state index contributed by atoms with van der Waals surface area (Å²) in [5.74, 6) is -1.57. The second kappa shape index (κ2) is 6.98. The number of fused-ring (bicyclic) bond motifs is 2. The van der Waals surface area contributed by atoms with Crippen LogP contribution in [0, 0.1) is 5.82 Å². The summed E-state index contributed by atoms with van der Waals surface area (Å²) >= 11 is 3.28. The highest BCUT2D eigenvalue weighted by atomic mass is 79.9. The van der Waals surface area contributed by atoms with E-state index in [1.165, 1.54) is 18.2 Å². The first-order valence-corrected chi connectivity index (χ1v) is 11.6. The molecule has 5 rings (SSSR count). The summed E-state index contributed by atoms with van der Waals surface area (Å²) < 4.78 is 53.7. The third kappa shape index (κ3) is 3.24. The monoisotopic (exact) mass is 494 g/mol. The van der Waals surface area contributed by atoms with Gasteiger partial charge in [-0.05, 0) is 24.6 Å². The number of hydrogen-bond acceptors (Lipinski definition) is 6. The number of nitrogens with zero attached hydrogens (tertiary/aromatic N) is 1. The molecule has 1 N–H and O–H groups in total. The maximum atomic E-state index is 14.5. The molecule has 30 heavy (non-hydrogen) atoms. The zero-order valence-corrected chi connectivity index (χ0v) is 18.0. The Balaban J connectivity index is 1.47. The molecular weight excluding hydrogens is 479 g/mol. The molecule has 2 aliphatic rings. The molecule has 1 saturated heterocycles. The molecule has 0 saturated carbocycles. The SMILES string of the molecule is O=C(NS(=O)(=O)c1cc(Br)cc2c1OCC2)c1cc2c(F)cc(N3CCC3)cc2o1. The lowest BCUT2D eigenvalue weighted by atomic mass is 10.1. The van der Waals surface area contributed by atoms with E-state index in [9.17, 15) is 17.6 Å². The van der Waals surface area contributed by atoms with E-state index >= 15 is 0 Å². The van der Waals surface area contributed by atoms with Crippen LogP contribution in [-0.4, -0.2) is 34.0 Å². The number of amides is 1. The summed E-state index contributed by atoms with van der Waals surface area (Å²) in [6.45, 7) is 2.02. The van der Waals surface area contributed by atoms with E-state index in [-0.39, 0.29) is 27.4 Å². The molecule has 0 spiro atoms. The van der Waals surface area contributed by atoms with Crippen molar-refractivity contribution < 1.29 is 26.8 Å². The minimum atomic E-state index is -4.24. The lowest BCUT2D eigenvalue weighted by molar-refractivity contribution is 0.0956. The number of ether oxygens (including phenoxy) is 1. The predicted octanol–water partition coefficient (Wildman–Crippen LogP) is 3.60. The molecule has 3 heterocycles. The molecular formula is C20H16BrFN2O5S. The molecule has 0 bridgehead atoms. The fraction of sp³-hybridized carbons (Fsp3) is 0.250. The predicted molar refractivity (Wildman–Crippen MR) is 111 cm³/mol. The number of rotatable bonds is 4. The Hall–Kier alpha value is -2.59. The van der Waals surface area contributed by atoms with E-state index in [1.807, 2.05) is 9.62 Å². The van der Waals surface area contributed by atoms with Crippen LogP contribution in [0.2, 0.25) is 0 Å². The van der Waals surface area contributed by atoms with E-state index in [2.05, 4.69) is 15.9 Å². The fourth-order valence-electron chi connectivity index (χ4n) is 3.61. The Morgan fingerprint density at radius 1 is 1.17 bits per heavy atom. The van der Waals surface area contributed by atoms with E-state index < -0.39 is 21.7 Å². The maximum absolute atomic E-state index is 14.5. The number of furan rings is 1. The molecule has 1 aromatic heterocycles. The van der Waals surface area contributed by atoms with Crippen molar-refractivity contribution >= 4 is 48.5 Å². The van der Waals surface area contributed by atoms with Crippen LogP contribution in [0.25, 0.3) is 11.0 Å². The van der Waals surface area contributed by atoms with Gasteiger partial charge in [0.25, 0.3) is 10.0 Å². The van der Waals surface area contributed by atoms with Crippen LogP contribution in [0.1, 0.15) is 22.5 Å². The molecule has 2 aromatic carbocycles. The number of anilines is 1. The molecule has 1 fully saturated rings. The normalized spacial score (nSPS) is 15.6. The maximum Gasteiger partial charge on any atom is 0.300 e. The van der Waals surface area contributed by atoms with Crippen LogP contribution in [0.4, 0.5) is 10.1 Å². The number of nitrogens with one attached hydrogen (secondary N) is 1. The summed E-state index contributed by atoms with van der Waals surface area (Å²) in [5, 5.41) is 0.119. The number of sulfonamides is 1. The van der Waals surface area contributed by atoms with Crippen molar-refractivity contribution in [2.75, 3.05) is 24.6 Å². The van der Waals surface area contributed by atoms with Crippen molar-refractivity contribution in [1.29, 1.82) is 0 Å². The van der Waals surface area contributed by atoms with Gasteiger partial charge in [0.15, 0.2) is 5.76 Å². The number of benzene rings is 2. The molecule has 7 nitrogen and oxygen atoms in total. The van der Waals surface area contributed by atoms with Gasteiger partial charge >= 0.3 is 5.91 Å². The van der Waals surface area contributed by atoms with Crippen molar-refractivity contribution in [3.63, 3.8) is 0 Å². The Kier molecular flexibility index (Phi) is 4.51. The smallest absolute Gasteiger partial charge is 0.300 e. The number of hydrogen-bond donors (Lipinski definition) is 1. The van der Waals surface area contributed by atoms with Crippen LogP contribution in [0.15, 0.2) is 44.1 Å². The Labute approximate surface area is 180 Å². The van der Waals surface area contributed by atoms with Crippen molar-refractivity contribution in [3.05, 3.63) is 51.9 Å². The van der Waals surface area contributed by atoms with Gasteiger partial charge in [-0.3, -0.25) is 4.79 Å². The Morgan fingerprint density at radius 3 is 2.70 bits per heavy atom. The summed E-state index contributed by atoms with van der Waals surface area (Å²) in [5.41, 5.74) is 1.59. The average molecular weight is 495 g/mol. The van der Waals surface area contributed by atoms with Crippen LogP contribution < -0.4 is 14.4 Å². The molecule has 0 aliphatic carbocycles. The minimum absolute atomic E-state index is 0.119. The molecule has 0 atom stereocenters. The van der Waals surface area contributed by atoms with Crippen molar-refractivity contribution in [1.82, 2.24) is 4.72 Å². The molecule has 2 aliphatic heterocycles. The number of carbonyl (C=O) groups excluding carboxylic acids is 1.